The summed E-state index contributed by atoms with van der Waals surface area (Å²) in [4.78, 5) is 23.9. The Morgan fingerprint density at radius 1 is 1.16 bits per heavy atom. The maximum absolute atomic E-state index is 14.6. The van der Waals surface area contributed by atoms with Crippen LogP contribution in [0.4, 0.5) is 4.39 Å². The number of rotatable bonds is 4. The van der Waals surface area contributed by atoms with Crippen molar-refractivity contribution < 1.29 is 14.0 Å². The number of carbonyl (C=O) groups is 2. The topological polar surface area (TPSA) is 46.2 Å². The maximum Gasteiger partial charge on any atom is 0.251 e. The summed E-state index contributed by atoms with van der Waals surface area (Å²) in [5, 5.41) is 3.82. The van der Waals surface area contributed by atoms with Crippen LogP contribution in [-0.4, -0.2) is 19.8 Å². The minimum Gasteiger partial charge on any atom is -0.348 e. The number of hydrogen-bond acceptors (Lipinski definition) is 2. The predicted octanol–water partition coefficient (Wildman–Crippen LogP) is 3.41. The van der Waals surface area contributed by atoms with E-state index < -0.39 is 8.07 Å². The Balaban J connectivity index is 2.02. The lowest BCUT2D eigenvalue weighted by atomic mass is 9.93. The van der Waals surface area contributed by atoms with Crippen LogP contribution >= 0.6 is 0 Å². The summed E-state index contributed by atoms with van der Waals surface area (Å²) < 4.78 is 14.6. The Morgan fingerprint density at radius 3 is 2.48 bits per heavy atom. The second kappa shape index (κ2) is 6.22. The average molecular weight is 355 g/mol. The molecule has 0 aromatic heterocycles. The molecule has 1 aliphatic heterocycles. The number of halogens is 1. The fourth-order valence-electron chi connectivity index (χ4n) is 3.15. The molecular formula is C20H22FNO2Si. The van der Waals surface area contributed by atoms with Gasteiger partial charge in [-0.05, 0) is 41.8 Å². The largest absolute Gasteiger partial charge is 0.348 e. The molecule has 1 aliphatic rings. The Morgan fingerprint density at radius 2 is 1.88 bits per heavy atom. The second-order valence-corrected chi connectivity index (χ2v) is 12.7. The van der Waals surface area contributed by atoms with Crippen molar-refractivity contribution in [2.24, 2.45) is 0 Å². The van der Waals surface area contributed by atoms with E-state index in [1.54, 1.807) is 24.3 Å². The molecule has 1 N–H and O–H groups in total. The molecule has 5 heteroatoms. The molecule has 0 spiro atoms. The molecule has 0 aliphatic carbocycles. The fraction of sp³-hybridized carbons (Fsp3) is 0.300. The first-order chi connectivity index (χ1) is 11.7. The molecule has 0 bridgehead atoms. The zero-order chi connectivity index (χ0) is 18.4. The zero-order valence-electron chi connectivity index (χ0n) is 15.0. The lowest BCUT2D eigenvalue weighted by Gasteiger charge is -2.18. The van der Waals surface area contributed by atoms with Gasteiger partial charge in [-0.25, -0.2) is 4.39 Å². The normalized spacial score (nSPS) is 13.6. The summed E-state index contributed by atoms with van der Waals surface area (Å²) in [5.74, 6) is -0.462. The molecule has 0 saturated heterocycles. The highest BCUT2D eigenvalue weighted by molar-refractivity contribution is 6.88. The van der Waals surface area contributed by atoms with Crippen LogP contribution in [0.25, 0.3) is 0 Å². The highest BCUT2D eigenvalue weighted by Gasteiger charge is 2.23. The van der Waals surface area contributed by atoms with Gasteiger partial charge in [0.15, 0.2) is 5.78 Å². The number of ketones is 1. The van der Waals surface area contributed by atoms with Gasteiger partial charge in [-0.1, -0.05) is 37.0 Å². The van der Waals surface area contributed by atoms with E-state index in [1.807, 2.05) is 6.07 Å². The lowest BCUT2D eigenvalue weighted by molar-refractivity contribution is 0.0963. The van der Waals surface area contributed by atoms with Gasteiger partial charge in [0, 0.05) is 24.1 Å². The molecule has 2 aromatic carbocycles. The van der Waals surface area contributed by atoms with Crippen LogP contribution in [-0.2, 0) is 13.0 Å². The van der Waals surface area contributed by atoms with Gasteiger partial charge in [0.05, 0.1) is 8.07 Å². The van der Waals surface area contributed by atoms with Crippen LogP contribution < -0.4 is 10.5 Å². The average Bonchev–Trinajstić information content (AvgIpc) is 2.88. The molecule has 0 unspecified atom stereocenters. The van der Waals surface area contributed by atoms with Crippen molar-refractivity contribution in [2.75, 3.05) is 0 Å². The number of fused-ring (bicyclic) bond motifs is 1. The van der Waals surface area contributed by atoms with Gasteiger partial charge >= 0.3 is 0 Å². The quantitative estimate of drug-likeness (QED) is 0.675. The van der Waals surface area contributed by atoms with Gasteiger partial charge < -0.3 is 5.32 Å². The first-order valence-electron chi connectivity index (χ1n) is 8.40. The van der Waals surface area contributed by atoms with Crippen molar-refractivity contribution in [2.45, 2.75) is 39.5 Å². The number of nitrogens with one attached hydrogen (secondary N) is 1. The number of Topliss-reactive ketones (excluding diaryl/α,β-unsaturated/α-hetero) is 1. The molecule has 25 heavy (non-hydrogen) atoms. The summed E-state index contributed by atoms with van der Waals surface area (Å²) in [7, 11) is -1.58. The molecule has 130 valence electrons. The molecule has 2 aromatic rings. The third-order valence-corrected chi connectivity index (χ3v) is 6.74. The van der Waals surface area contributed by atoms with Gasteiger partial charge in [-0.3, -0.25) is 9.59 Å². The monoisotopic (exact) mass is 355 g/mol. The third-order valence-electron chi connectivity index (χ3n) is 4.69. The second-order valence-electron chi connectivity index (χ2n) is 7.64. The van der Waals surface area contributed by atoms with E-state index in [1.165, 1.54) is 6.92 Å². The molecule has 1 heterocycles. The molecular weight excluding hydrogens is 333 g/mol. The molecule has 1 amide bonds. The van der Waals surface area contributed by atoms with Gasteiger partial charge in [0.25, 0.3) is 5.91 Å². The Hall–Kier alpha value is -2.27. The Kier molecular flexibility index (Phi) is 4.37. The van der Waals surface area contributed by atoms with Crippen LogP contribution in [0.3, 0.4) is 0 Å². The summed E-state index contributed by atoms with van der Waals surface area (Å²) >= 11 is 0. The summed E-state index contributed by atoms with van der Waals surface area (Å²) in [5.41, 5.74) is 3.21. The van der Waals surface area contributed by atoms with E-state index >= 15 is 0 Å². The first kappa shape index (κ1) is 17.5. The van der Waals surface area contributed by atoms with Crippen molar-refractivity contribution in [1.82, 2.24) is 5.32 Å². The van der Waals surface area contributed by atoms with E-state index in [9.17, 15) is 14.0 Å². The number of benzene rings is 2. The Bertz CT molecular complexity index is 884. The first-order valence-corrected chi connectivity index (χ1v) is 11.9. The van der Waals surface area contributed by atoms with Crippen LogP contribution in [0, 0.1) is 5.82 Å². The highest BCUT2D eigenvalue weighted by atomic mass is 28.3. The molecule has 0 atom stereocenters. The van der Waals surface area contributed by atoms with Gasteiger partial charge in [-0.2, -0.15) is 0 Å². The van der Waals surface area contributed by atoms with Crippen molar-refractivity contribution in [1.29, 1.82) is 0 Å². The smallest absolute Gasteiger partial charge is 0.251 e. The van der Waals surface area contributed by atoms with Crippen molar-refractivity contribution in [3.05, 3.63) is 64.0 Å². The van der Waals surface area contributed by atoms with Crippen LogP contribution in [0.15, 0.2) is 30.3 Å². The minimum atomic E-state index is -1.58. The SMILES string of the molecule is CC(=O)c1cc2c(cc1Cc1ccc([Si](C)(C)C)cc1F)C(=O)NC2. The molecule has 0 fully saturated rings. The van der Waals surface area contributed by atoms with Gasteiger partial charge in [0.2, 0.25) is 0 Å². The minimum absolute atomic E-state index is 0.0729. The standard InChI is InChI=1S/C20H22FNO2Si/c1-12(23)17-9-15-11-22-20(24)18(15)8-14(17)7-13-5-6-16(10-19(13)21)25(2,3)4/h5-6,8-10H,7,11H2,1-4H3,(H,22,24). The van der Waals surface area contributed by atoms with E-state index in [4.69, 9.17) is 0 Å². The van der Waals surface area contributed by atoms with Crippen molar-refractivity contribution in [3.63, 3.8) is 0 Å². The number of hydrogen-bond donors (Lipinski definition) is 1. The lowest BCUT2D eigenvalue weighted by Crippen LogP contribution is -2.37. The summed E-state index contributed by atoms with van der Waals surface area (Å²) in [6.45, 7) is 8.46. The van der Waals surface area contributed by atoms with Crippen molar-refractivity contribution in [3.8, 4) is 0 Å². The van der Waals surface area contributed by atoms with E-state index in [0.29, 0.717) is 35.2 Å². The van der Waals surface area contributed by atoms with Crippen molar-refractivity contribution >= 4 is 25.0 Å². The van der Waals surface area contributed by atoms with Crippen LogP contribution in [0.5, 0.6) is 0 Å². The molecule has 3 nitrogen and oxygen atoms in total. The van der Waals surface area contributed by atoms with Gasteiger partial charge in [-0.15, -0.1) is 0 Å². The molecule has 0 saturated carbocycles. The fourth-order valence-corrected chi connectivity index (χ4v) is 4.30. The maximum atomic E-state index is 14.6. The van der Waals surface area contributed by atoms with Crippen LogP contribution in [0.2, 0.25) is 19.6 Å². The Labute approximate surface area is 148 Å². The molecule has 0 radical (unpaired) electrons. The van der Waals surface area contributed by atoms with E-state index in [0.717, 1.165) is 10.8 Å². The van der Waals surface area contributed by atoms with Crippen LogP contribution in [0.1, 0.15) is 44.3 Å². The summed E-state index contributed by atoms with van der Waals surface area (Å²) in [6.07, 6.45) is 0.299. The highest BCUT2D eigenvalue weighted by Crippen LogP contribution is 2.25. The predicted molar refractivity (Wildman–Crippen MR) is 99.8 cm³/mol. The summed E-state index contributed by atoms with van der Waals surface area (Å²) in [6, 6.07) is 8.91. The van der Waals surface area contributed by atoms with E-state index in [2.05, 4.69) is 25.0 Å². The number of carbonyl (C=O) groups excluding carboxylic acids is 2. The molecule has 3 rings (SSSR count). The van der Waals surface area contributed by atoms with E-state index in [-0.39, 0.29) is 17.5 Å². The third kappa shape index (κ3) is 3.42. The number of amides is 1. The zero-order valence-corrected chi connectivity index (χ0v) is 16.0. The van der Waals surface area contributed by atoms with Gasteiger partial charge in [0.1, 0.15) is 5.82 Å².